The van der Waals surface area contributed by atoms with E-state index in [1.165, 1.54) is 0 Å². The first kappa shape index (κ1) is 10.4. The van der Waals surface area contributed by atoms with Crippen LogP contribution in [-0.4, -0.2) is 23.5 Å². The molecule has 0 fully saturated rings. The molecule has 0 radical (unpaired) electrons. The fourth-order valence-electron chi connectivity index (χ4n) is 1.44. The quantitative estimate of drug-likeness (QED) is 0.619. The Bertz CT molecular complexity index is 135. The fourth-order valence-corrected chi connectivity index (χ4v) is 1.44. The van der Waals surface area contributed by atoms with E-state index in [0.717, 1.165) is 6.54 Å². The molecule has 0 spiro atoms. The second-order valence-corrected chi connectivity index (χ2v) is 3.14. The Morgan fingerprint density at radius 2 is 1.91 bits per heavy atom. The lowest BCUT2D eigenvalue weighted by Crippen LogP contribution is -2.38. The van der Waals surface area contributed by atoms with Crippen LogP contribution in [0.15, 0.2) is 0 Å². The van der Waals surface area contributed by atoms with Crippen LogP contribution in [0.1, 0.15) is 34.1 Å². The molecule has 64 valence electrons. The summed E-state index contributed by atoms with van der Waals surface area (Å²) < 4.78 is 0. The smallest absolute Gasteiger partial charge is 0.0638 e. The Labute approximate surface area is 69.8 Å². The van der Waals surface area contributed by atoms with Crippen molar-refractivity contribution >= 4 is 0 Å². The molecule has 0 amide bonds. The van der Waals surface area contributed by atoms with E-state index in [0.29, 0.717) is 18.5 Å². The van der Waals surface area contributed by atoms with Gasteiger partial charge in [-0.15, -0.1) is 0 Å². The number of nitrogens with zero attached hydrogens (tertiary/aromatic N) is 2. The molecule has 2 nitrogen and oxygen atoms in total. The van der Waals surface area contributed by atoms with Crippen LogP contribution in [0.4, 0.5) is 0 Å². The SMILES string of the molecule is CCN(C(C)C)C(C)CC#N. The van der Waals surface area contributed by atoms with Crippen LogP contribution in [-0.2, 0) is 0 Å². The van der Waals surface area contributed by atoms with Gasteiger partial charge in [-0.2, -0.15) is 5.26 Å². The predicted octanol–water partition coefficient (Wildman–Crippen LogP) is 2.02. The summed E-state index contributed by atoms with van der Waals surface area (Å²) in [6, 6.07) is 3.13. The maximum atomic E-state index is 8.49. The van der Waals surface area contributed by atoms with Crippen LogP contribution in [0.5, 0.6) is 0 Å². The largest absolute Gasteiger partial charge is 0.298 e. The van der Waals surface area contributed by atoms with Crippen LogP contribution in [0.25, 0.3) is 0 Å². The van der Waals surface area contributed by atoms with E-state index in [9.17, 15) is 0 Å². The van der Waals surface area contributed by atoms with Crippen LogP contribution < -0.4 is 0 Å². The number of nitriles is 1. The van der Waals surface area contributed by atoms with Crippen molar-refractivity contribution in [1.82, 2.24) is 4.90 Å². The van der Waals surface area contributed by atoms with Gasteiger partial charge < -0.3 is 0 Å². The van der Waals surface area contributed by atoms with Gasteiger partial charge in [0, 0.05) is 12.1 Å². The Morgan fingerprint density at radius 1 is 1.36 bits per heavy atom. The van der Waals surface area contributed by atoms with E-state index in [1.54, 1.807) is 0 Å². The molecule has 11 heavy (non-hydrogen) atoms. The zero-order valence-corrected chi connectivity index (χ0v) is 7.96. The minimum atomic E-state index is 0.394. The van der Waals surface area contributed by atoms with Gasteiger partial charge >= 0.3 is 0 Å². The molecule has 0 aromatic carbocycles. The normalized spacial score (nSPS) is 13.5. The summed E-state index contributed by atoms with van der Waals surface area (Å²) in [5, 5.41) is 8.49. The zero-order chi connectivity index (χ0) is 8.85. The van der Waals surface area contributed by atoms with Crippen molar-refractivity contribution in [1.29, 1.82) is 5.26 Å². The topological polar surface area (TPSA) is 27.0 Å². The van der Waals surface area contributed by atoms with Gasteiger partial charge in [0.2, 0.25) is 0 Å². The molecule has 1 atom stereocenters. The van der Waals surface area contributed by atoms with Gasteiger partial charge in [-0.25, -0.2) is 0 Å². The molecule has 0 N–H and O–H groups in total. The second kappa shape index (κ2) is 5.15. The van der Waals surface area contributed by atoms with Crippen molar-refractivity contribution in [3.63, 3.8) is 0 Å². The van der Waals surface area contributed by atoms with Crippen LogP contribution in [0, 0.1) is 11.3 Å². The lowest BCUT2D eigenvalue weighted by molar-refractivity contribution is 0.176. The summed E-state index contributed by atoms with van der Waals surface area (Å²) in [4.78, 5) is 2.32. The highest BCUT2D eigenvalue weighted by Gasteiger charge is 2.13. The van der Waals surface area contributed by atoms with Gasteiger partial charge in [-0.05, 0) is 27.3 Å². The van der Waals surface area contributed by atoms with E-state index in [2.05, 4.69) is 38.7 Å². The third-order valence-corrected chi connectivity index (χ3v) is 1.98. The Kier molecular flexibility index (Phi) is 4.89. The lowest BCUT2D eigenvalue weighted by Gasteiger charge is -2.29. The molecular weight excluding hydrogens is 136 g/mol. The number of rotatable bonds is 4. The number of hydrogen-bond donors (Lipinski definition) is 0. The van der Waals surface area contributed by atoms with Gasteiger partial charge in [0.15, 0.2) is 0 Å². The van der Waals surface area contributed by atoms with Gasteiger partial charge in [0.25, 0.3) is 0 Å². The molecule has 0 aliphatic heterocycles. The third kappa shape index (κ3) is 3.38. The molecular formula is C9H18N2. The summed E-state index contributed by atoms with van der Waals surface area (Å²) >= 11 is 0. The van der Waals surface area contributed by atoms with Gasteiger partial charge in [0.05, 0.1) is 12.5 Å². The van der Waals surface area contributed by atoms with Crippen molar-refractivity contribution in [2.24, 2.45) is 0 Å². The minimum absolute atomic E-state index is 0.394. The minimum Gasteiger partial charge on any atom is -0.298 e. The highest BCUT2D eigenvalue weighted by molar-refractivity contribution is 4.80. The van der Waals surface area contributed by atoms with Gasteiger partial charge in [-0.1, -0.05) is 6.92 Å². The van der Waals surface area contributed by atoms with Crippen LogP contribution >= 0.6 is 0 Å². The zero-order valence-electron chi connectivity index (χ0n) is 7.96. The van der Waals surface area contributed by atoms with Crippen molar-refractivity contribution < 1.29 is 0 Å². The van der Waals surface area contributed by atoms with Crippen molar-refractivity contribution in [3.05, 3.63) is 0 Å². The average Bonchev–Trinajstić information content (AvgIpc) is 1.88. The summed E-state index contributed by atoms with van der Waals surface area (Å²) in [6.07, 6.45) is 0.631. The highest BCUT2D eigenvalue weighted by Crippen LogP contribution is 2.06. The van der Waals surface area contributed by atoms with Gasteiger partial charge in [-0.3, -0.25) is 4.90 Å². The highest BCUT2D eigenvalue weighted by atomic mass is 15.2. The molecule has 0 rings (SSSR count). The summed E-state index contributed by atoms with van der Waals surface area (Å²) in [5.74, 6) is 0. The molecule has 0 aromatic heterocycles. The fraction of sp³-hybridized carbons (Fsp3) is 0.889. The molecule has 0 heterocycles. The maximum Gasteiger partial charge on any atom is 0.0638 e. The van der Waals surface area contributed by atoms with E-state index < -0.39 is 0 Å². The standard InChI is InChI=1S/C9H18N2/c1-5-11(8(2)3)9(4)6-7-10/h8-9H,5-6H2,1-4H3. The Balaban J connectivity index is 3.93. The molecule has 2 heteroatoms. The molecule has 0 aliphatic carbocycles. The maximum absolute atomic E-state index is 8.49. The molecule has 0 aliphatic rings. The van der Waals surface area contributed by atoms with Crippen LogP contribution in [0.2, 0.25) is 0 Å². The number of hydrogen-bond acceptors (Lipinski definition) is 2. The van der Waals surface area contributed by atoms with E-state index >= 15 is 0 Å². The second-order valence-electron chi connectivity index (χ2n) is 3.14. The van der Waals surface area contributed by atoms with Crippen molar-refractivity contribution in [3.8, 4) is 6.07 Å². The summed E-state index contributed by atoms with van der Waals surface area (Å²) in [6.45, 7) is 9.59. The molecule has 1 unspecified atom stereocenters. The lowest BCUT2D eigenvalue weighted by atomic mass is 10.2. The summed E-state index contributed by atoms with van der Waals surface area (Å²) in [5.41, 5.74) is 0. The molecule has 0 saturated heterocycles. The first-order valence-corrected chi connectivity index (χ1v) is 4.26. The third-order valence-electron chi connectivity index (χ3n) is 1.98. The predicted molar refractivity (Wildman–Crippen MR) is 47.2 cm³/mol. The first-order valence-electron chi connectivity index (χ1n) is 4.26. The van der Waals surface area contributed by atoms with Gasteiger partial charge in [0.1, 0.15) is 0 Å². The average molecular weight is 154 g/mol. The van der Waals surface area contributed by atoms with E-state index in [1.807, 2.05) is 0 Å². The molecule has 0 bridgehead atoms. The summed E-state index contributed by atoms with van der Waals surface area (Å²) in [7, 11) is 0. The van der Waals surface area contributed by atoms with Crippen LogP contribution in [0.3, 0.4) is 0 Å². The Hall–Kier alpha value is -0.550. The van der Waals surface area contributed by atoms with Crippen molar-refractivity contribution in [2.75, 3.05) is 6.54 Å². The van der Waals surface area contributed by atoms with Crippen molar-refractivity contribution in [2.45, 2.75) is 46.2 Å². The first-order chi connectivity index (χ1) is 5.13. The monoisotopic (exact) mass is 154 g/mol. The Morgan fingerprint density at radius 3 is 2.18 bits per heavy atom. The molecule has 0 aromatic rings. The van der Waals surface area contributed by atoms with E-state index in [4.69, 9.17) is 5.26 Å². The van der Waals surface area contributed by atoms with E-state index in [-0.39, 0.29) is 0 Å². The molecule has 0 saturated carbocycles.